The maximum Gasteiger partial charge on any atom is 0.114 e. The lowest BCUT2D eigenvalue weighted by atomic mass is 10.1. The quantitative estimate of drug-likeness (QED) is 0.333. The Balaban J connectivity index is 1.85. The fraction of sp³-hybridized carbons (Fsp3) is 0.895. The third-order valence-electron chi connectivity index (χ3n) is 4.39. The number of hydrogen-bond donors (Lipinski definition) is 3. The number of aliphatic hydroxyl groups excluding tert-OH is 3. The van der Waals surface area contributed by atoms with Gasteiger partial charge in [-0.3, -0.25) is 0 Å². The Morgan fingerprint density at radius 1 is 1.04 bits per heavy atom. The van der Waals surface area contributed by atoms with Gasteiger partial charge in [0.05, 0.1) is 13.2 Å². The number of hydrogen-bond acceptors (Lipinski definition) is 5. The van der Waals surface area contributed by atoms with Crippen molar-refractivity contribution in [2.45, 2.75) is 89.1 Å². The lowest BCUT2D eigenvalue weighted by Crippen LogP contribution is -2.40. The summed E-state index contributed by atoms with van der Waals surface area (Å²) in [5.74, 6) is 0. The molecule has 5 nitrogen and oxygen atoms in total. The summed E-state index contributed by atoms with van der Waals surface area (Å²) < 4.78 is 10.6. The molecular weight excluding hydrogens is 308 g/mol. The first kappa shape index (κ1) is 21.6. The highest BCUT2D eigenvalue weighted by Crippen LogP contribution is 2.18. The summed E-state index contributed by atoms with van der Waals surface area (Å²) in [5.41, 5.74) is 0. The van der Waals surface area contributed by atoms with E-state index >= 15 is 0 Å². The van der Waals surface area contributed by atoms with Crippen LogP contribution in [-0.2, 0) is 9.47 Å². The molecule has 4 atom stereocenters. The van der Waals surface area contributed by atoms with Gasteiger partial charge in [0, 0.05) is 6.61 Å². The fourth-order valence-electron chi connectivity index (χ4n) is 2.84. The third kappa shape index (κ3) is 9.14. The molecule has 1 saturated heterocycles. The Labute approximate surface area is 146 Å². The summed E-state index contributed by atoms with van der Waals surface area (Å²) in [6.07, 6.45) is 11.8. The number of unbranched alkanes of at least 4 members (excludes halogenated alkanes) is 7. The Morgan fingerprint density at radius 2 is 1.71 bits per heavy atom. The van der Waals surface area contributed by atoms with E-state index in [0.29, 0.717) is 6.61 Å². The van der Waals surface area contributed by atoms with Crippen LogP contribution in [0.2, 0.25) is 0 Å². The molecule has 0 bridgehead atoms. The van der Waals surface area contributed by atoms with Gasteiger partial charge in [-0.05, 0) is 25.7 Å². The highest BCUT2D eigenvalue weighted by molar-refractivity contribution is 4.87. The van der Waals surface area contributed by atoms with Crippen LogP contribution in [-0.4, -0.2) is 59.6 Å². The minimum Gasteiger partial charge on any atom is -0.388 e. The van der Waals surface area contributed by atoms with Crippen LogP contribution in [0.1, 0.15) is 64.7 Å². The molecule has 0 aromatic rings. The summed E-state index contributed by atoms with van der Waals surface area (Å²) in [5, 5.41) is 28.9. The maximum absolute atomic E-state index is 9.89. The minimum atomic E-state index is -1.03. The molecule has 0 amide bonds. The van der Waals surface area contributed by atoms with Gasteiger partial charge in [-0.1, -0.05) is 51.2 Å². The Kier molecular flexibility index (Phi) is 12.4. The van der Waals surface area contributed by atoms with Gasteiger partial charge >= 0.3 is 0 Å². The molecule has 3 N–H and O–H groups in total. The zero-order chi connectivity index (χ0) is 17.6. The van der Waals surface area contributed by atoms with Crippen LogP contribution in [0.5, 0.6) is 0 Å². The second-order valence-corrected chi connectivity index (χ2v) is 6.67. The SMILES string of the molecule is CCC/C=C/CCCCCCCCOC[C@H](O)[C@@H]1OC[C@@H](O)[C@@H]1O. The van der Waals surface area contributed by atoms with Gasteiger partial charge in [0.2, 0.25) is 0 Å². The predicted molar refractivity (Wildman–Crippen MR) is 94.9 cm³/mol. The van der Waals surface area contributed by atoms with Crippen molar-refractivity contribution in [1.82, 2.24) is 0 Å². The summed E-state index contributed by atoms with van der Waals surface area (Å²) in [6, 6.07) is 0. The number of ether oxygens (including phenoxy) is 2. The molecule has 5 heteroatoms. The first-order chi connectivity index (χ1) is 11.7. The summed E-state index contributed by atoms with van der Waals surface area (Å²) in [7, 11) is 0. The van der Waals surface area contributed by atoms with Crippen molar-refractivity contribution in [3.8, 4) is 0 Å². The Bertz CT molecular complexity index is 321. The van der Waals surface area contributed by atoms with Gasteiger partial charge in [0.1, 0.15) is 24.4 Å². The van der Waals surface area contributed by atoms with Gasteiger partial charge in [-0.25, -0.2) is 0 Å². The van der Waals surface area contributed by atoms with Crippen LogP contribution in [0.4, 0.5) is 0 Å². The van der Waals surface area contributed by atoms with Crippen molar-refractivity contribution in [1.29, 1.82) is 0 Å². The van der Waals surface area contributed by atoms with Gasteiger partial charge < -0.3 is 24.8 Å². The van der Waals surface area contributed by atoms with Crippen molar-refractivity contribution < 1.29 is 24.8 Å². The zero-order valence-corrected chi connectivity index (χ0v) is 15.1. The van der Waals surface area contributed by atoms with E-state index in [1.807, 2.05) is 0 Å². The average Bonchev–Trinajstić information content (AvgIpc) is 2.91. The highest BCUT2D eigenvalue weighted by Gasteiger charge is 2.39. The Hall–Kier alpha value is -0.460. The van der Waals surface area contributed by atoms with Gasteiger partial charge in [0.25, 0.3) is 0 Å². The lowest BCUT2D eigenvalue weighted by molar-refractivity contribution is -0.0813. The molecule has 142 valence electrons. The summed E-state index contributed by atoms with van der Waals surface area (Å²) in [6.45, 7) is 3.02. The van der Waals surface area contributed by atoms with Gasteiger partial charge in [0.15, 0.2) is 0 Å². The third-order valence-corrected chi connectivity index (χ3v) is 4.39. The van der Waals surface area contributed by atoms with Crippen LogP contribution in [0, 0.1) is 0 Å². The molecule has 1 aliphatic rings. The van der Waals surface area contributed by atoms with Crippen molar-refractivity contribution >= 4 is 0 Å². The van der Waals surface area contributed by atoms with Crippen LogP contribution < -0.4 is 0 Å². The topological polar surface area (TPSA) is 79.2 Å². The first-order valence-electron chi connectivity index (χ1n) is 9.55. The molecular formula is C19H36O5. The molecule has 0 radical (unpaired) electrons. The summed E-state index contributed by atoms with van der Waals surface area (Å²) >= 11 is 0. The predicted octanol–water partition coefficient (Wildman–Crippen LogP) is 2.57. The summed E-state index contributed by atoms with van der Waals surface area (Å²) in [4.78, 5) is 0. The molecule has 0 saturated carbocycles. The second kappa shape index (κ2) is 13.8. The maximum atomic E-state index is 9.89. The fourth-order valence-corrected chi connectivity index (χ4v) is 2.84. The largest absolute Gasteiger partial charge is 0.388 e. The molecule has 0 aromatic carbocycles. The number of allylic oxidation sites excluding steroid dienone is 2. The molecule has 24 heavy (non-hydrogen) atoms. The van der Waals surface area contributed by atoms with Crippen LogP contribution >= 0.6 is 0 Å². The lowest BCUT2D eigenvalue weighted by Gasteiger charge is -2.20. The molecule has 1 aliphatic heterocycles. The normalized spacial score (nSPS) is 25.6. The van der Waals surface area contributed by atoms with E-state index in [1.165, 1.54) is 44.9 Å². The second-order valence-electron chi connectivity index (χ2n) is 6.67. The van der Waals surface area contributed by atoms with Crippen molar-refractivity contribution in [2.75, 3.05) is 19.8 Å². The number of rotatable bonds is 14. The standard InChI is InChI=1S/C19H36O5/c1-2-3-4-5-6-7-8-9-10-11-12-13-23-14-17(21)19-18(22)16(20)15-24-19/h4-5,16-22H,2-3,6-15H2,1H3/b5-4+/t16-,17+,18+,19+/m1/s1. The Morgan fingerprint density at radius 3 is 2.38 bits per heavy atom. The molecule has 1 fully saturated rings. The van der Waals surface area contributed by atoms with E-state index in [2.05, 4.69) is 19.1 Å². The first-order valence-corrected chi connectivity index (χ1v) is 9.55. The molecule has 0 aliphatic carbocycles. The molecule has 0 spiro atoms. The van der Waals surface area contributed by atoms with E-state index in [1.54, 1.807) is 0 Å². The van der Waals surface area contributed by atoms with Gasteiger partial charge in [-0.15, -0.1) is 0 Å². The molecule has 1 rings (SSSR count). The monoisotopic (exact) mass is 344 g/mol. The van der Waals surface area contributed by atoms with Crippen molar-refractivity contribution in [3.05, 3.63) is 12.2 Å². The van der Waals surface area contributed by atoms with E-state index < -0.39 is 24.4 Å². The van der Waals surface area contributed by atoms with Crippen LogP contribution in [0.15, 0.2) is 12.2 Å². The van der Waals surface area contributed by atoms with E-state index in [-0.39, 0.29) is 13.2 Å². The highest BCUT2D eigenvalue weighted by atomic mass is 16.5. The van der Waals surface area contributed by atoms with Crippen molar-refractivity contribution in [3.63, 3.8) is 0 Å². The van der Waals surface area contributed by atoms with Crippen LogP contribution in [0.25, 0.3) is 0 Å². The molecule has 1 heterocycles. The van der Waals surface area contributed by atoms with Crippen LogP contribution in [0.3, 0.4) is 0 Å². The smallest absolute Gasteiger partial charge is 0.114 e. The van der Waals surface area contributed by atoms with E-state index in [0.717, 1.165) is 12.8 Å². The zero-order valence-electron chi connectivity index (χ0n) is 15.1. The van der Waals surface area contributed by atoms with E-state index in [4.69, 9.17) is 9.47 Å². The van der Waals surface area contributed by atoms with Gasteiger partial charge in [-0.2, -0.15) is 0 Å². The molecule has 0 aromatic heterocycles. The van der Waals surface area contributed by atoms with E-state index in [9.17, 15) is 15.3 Å². The van der Waals surface area contributed by atoms with Crippen molar-refractivity contribution in [2.24, 2.45) is 0 Å². The average molecular weight is 344 g/mol. The molecule has 0 unspecified atom stereocenters. The number of aliphatic hydroxyl groups is 3. The minimum absolute atomic E-state index is 0.0668.